The van der Waals surface area contributed by atoms with Crippen LogP contribution in [-0.4, -0.2) is 49.4 Å². The van der Waals surface area contributed by atoms with E-state index in [0.29, 0.717) is 19.3 Å². The summed E-state index contributed by atoms with van der Waals surface area (Å²) in [5.41, 5.74) is 2.74. The van der Waals surface area contributed by atoms with Crippen LogP contribution in [-0.2, 0) is 44.6 Å². The molecule has 0 aliphatic carbocycles. The summed E-state index contributed by atoms with van der Waals surface area (Å²) in [6.07, 6.45) is 34.8. The van der Waals surface area contributed by atoms with Gasteiger partial charge in [0.2, 0.25) is 12.2 Å². The first-order valence-electron chi connectivity index (χ1n) is 25.0. The molecule has 10 heteroatoms. The highest BCUT2D eigenvalue weighted by Crippen LogP contribution is 2.15. The van der Waals surface area contributed by atoms with Crippen LogP contribution in [0.25, 0.3) is 0 Å². The normalized spacial score (nSPS) is 10.1. The van der Waals surface area contributed by atoms with Crippen molar-refractivity contribution in [2.75, 3.05) is 13.2 Å². The number of ether oxygens (including phenoxy) is 3. The molecule has 0 aliphatic heterocycles. The average Bonchev–Trinajstić information content (AvgIpc) is 3.29. The zero-order valence-corrected chi connectivity index (χ0v) is 40.5. The first kappa shape index (κ1) is 61.7. The molecule has 0 heterocycles. The minimum Gasteiger partial charge on any atom is -0.462 e. The Hall–Kier alpha value is -4.39. The number of benzene rings is 2. The number of carbonyl (C=O) groups excluding carboxylic acids is 5. The van der Waals surface area contributed by atoms with Gasteiger partial charge < -0.3 is 14.2 Å². The molecule has 0 aromatic heterocycles. The lowest BCUT2D eigenvalue weighted by Crippen LogP contribution is -2.30. The van der Waals surface area contributed by atoms with Crippen molar-refractivity contribution in [2.45, 2.75) is 226 Å². The molecule has 0 saturated heterocycles. The number of esters is 3. The van der Waals surface area contributed by atoms with Gasteiger partial charge in [0, 0.05) is 19.3 Å². The summed E-state index contributed by atoms with van der Waals surface area (Å²) in [6, 6.07) is 21.1. The van der Waals surface area contributed by atoms with E-state index in [1.807, 2.05) is 0 Å². The van der Waals surface area contributed by atoms with Gasteiger partial charge in [-0.05, 0) is 36.8 Å². The Labute approximate surface area is 388 Å². The van der Waals surface area contributed by atoms with Crippen molar-refractivity contribution in [3.8, 4) is 0 Å². The summed E-state index contributed by atoms with van der Waals surface area (Å²) in [5.74, 6) is -0.870. The Morgan fingerprint density at radius 3 is 0.953 bits per heavy atom. The van der Waals surface area contributed by atoms with Crippen molar-refractivity contribution in [1.29, 1.82) is 10.8 Å². The largest absolute Gasteiger partial charge is 0.462 e. The molecule has 0 saturated carbocycles. The first-order chi connectivity index (χ1) is 31.3. The van der Waals surface area contributed by atoms with Gasteiger partial charge >= 0.3 is 17.9 Å². The Kier molecular flexibility index (Phi) is 49.4. The Balaban J connectivity index is 0. The fourth-order valence-electron chi connectivity index (χ4n) is 7.04. The average molecular weight is 893 g/mol. The van der Waals surface area contributed by atoms with Gasteiger partial charge in [-0.2, -0.15) is 0 Å². The van der Waals surface area contributed by atoms with Crippen LogP contribution >= 0.6 is 0 Å². The van der Waals surface area contributed by atoms with Crippen LogP contribution in [0.1, 0.15) is 225 Å². The van der Waals surface area contributed by atoms with Gasteiger partial charge in [0.05, 0.1) is 0 Å². The number of carbonyl (C=O) groups is 3. The van der Waals surface area contributed by atoms with Crippen molar-refractivity contribution in [2.24, 2.45) is 0 Å². The lowest BCUT2D eigenvalue weighted by molar-refractivity contribution is -0.167. The van der Waals surface area contributed by atoms with Gasteiger partial charge in [0.1, 0.15) is 13.2 Å². The van der Waals surface area contributed by atoms with E-state index in [2.05, 4.69) is 81.4 Å². The molecule has 0 spiro atoms. The summed E-state index contributed by atoms with van der Waals surface area (Å²) in [4.78, 5) is 54.0. The summed E-state index contributed by atoms with van der Waals surface area (Å²) in [7, 11) is 0. The number of hydrogen-bond acceptors (Lipinski definition) is 10. The predicted octanol–water partition coefficient (Wildman–Crippen LogP) is 14.8. The fourth-order valence-corrected chi connectivity index (χ4v) is 7.04. The van der Waals surface area contributed by atoms with Crippen molar-refractivity contribution >= 4 is 30.1 Å². The number of isocyanates is 2. The van der Waals surface area contributed by atoms with Gasteiger partial charge in [0.15, 0.2) is 6.10 Å². The molecule has 0 aliphatic rings. The number of rotatable bonds is 37. The second kappa shape index (κ2) is 51.2. The molecule has 0 radical (unpaired) electrons. The van der Waals surface area contributed by atoms with Crippen LogP contribution in [0.3, 0.4) is 0 Å². The van der Waals surface area contributed by atoms with Gasteiger partial charge in [-0.3, -0.25) is 14.4 Å². The van der Waals surface area contributed by atoms with Crippen LogP contribution in [0.15, 0.2) is 60.7 Å². The maximum Gasteiger partial charge on any atom is 0.306 e. The molecule has 2 aromatic carbocycles. The number of hydrogen-bond donors (Lipinski definition) is 2. The van der Waals surface area contributed by atoms with Crippen molar-refractivity contribution in [3.63, 3.8) is 0 Å². The molecule has 0 amide bonds. The summed E-state index contributed by atoms with van der Waals surface area (Å²) in [6.45, 7) is 6.57. The SMILES string of the molecule is CCCCCCCCCCCC(=O)OCC(COC(=O)CCCCCCCCCCC)OC(=O)CCCCCCCCCCC.N=C=O.N=C=O.c1ccc(Cc2ccccc2)cc1. The highest BCUT2D eigenvalue weighted by molar-refractivity contribution is 5.71. The van der Waals surface area contributed by atoms with E-state index in [0.717, 1.165) is 76.4 Å². The number of unbranched alkanes of at least 4 members (excludes halogenated alkanes) is 24. The second-order valence-electron chi connectivity index (χ2n) is 16.6. The van der Waals surface area contributed by atoms with Gasteiger partial charge in [-0.25, -0.2) is 20.4 Å². The van der Waals surface area contributed by atoms with Gasteiger partial charge in [0.25, 0.3) is 0 Å². The highest BCUT2D eigenvalue weighted by atomic mass is 16.6. The first-order valence-corrected chi connectivity index (χ1v) is 25.0. The predicted molar refractivity (Wildman–Crippen MR) is 260 cm³/mol. The molecule has 0 unspecified atom stereocenters. The smallest absolute Gasteiger partial charge is 0.306 e. The summed E-state index contributed by atoms with van der Waals surface area (Å²) >= 11 is 0. The van der Waals surface area contributed by atoms with Gasteiger partial charge in [-0.1, -0.05) is 236 Å². The van der Waals surface area contributed by atoms with Crippen molar-refractivity contribution < 1.29 is 38.2 Å². The number of nitrogens with one attached hydrogen (secondary N) is 2. The van der Waals surface area contributed by atoms with E-state index in [1.54, 1.807) is 0 Å². The fraction of sp³-hybridized carbons (Fsp3) is 0.685. The summed E-state index contributed by atoms with van der Waals surface area (Å²) < 4.78 is 16.5. The molecular weight excluding hydrogens is 805 g/mol. The lowest BCUT2D eigenvalue weighted by Gasteiger charge is -2.18. The molecular formula is C54H88N2O8. The third-order valence-electron chi connectivity index (χ3n) is 10.7. The van der Waals surface area contributed by atoms with Crippen LogP contribution in [0.4, 0.5) is 0 Å². The maximum absolute atomic E-state index is 12.6. The lowest BCUT2D eigenvalue weighted by atomic mass is 10.1. The van der Waals surface area contributed by atoms with Crippen LogP contribution in [0.2, 0.25) is 0 Å². The molecule has 10 nitrogen and oxygen atoms in total. The van der Waals surface area contributed by atoms with Crippen molar-refractivity contribution in [3.05, 3.63) is 71.8 Å². The zero-order chi connectivity index (χ0) is 47.4. The second-order valence-corrected chi connectivity index (χ2v) is 16.6. The molecule has 0 bridgehead atoms. The zero-order valence-electron chi connectivity index (χ0n) is 40.5. The van der Waals surface area contributed by atoms with Crippen molar-refractivity contribution in [1.82, 2.24) is 0 Å². The van der Waals surface area contributed by atoms with E-state index >= 15 is 0 Å². The highest BCUT2D eigenvalue weighted by Gasteiger charge is 2.19. The Morgan fingerprint density at radius 2 is 0.672 bits per heavy atom. The molecule has 362 valence electrons. The van der Waals surface area contributed by atoms with E-state index in [-0.39, 0.29) is 31.1 Å². The molecule has 64 heavy (non-hydrogen) atoms. The van der Waals surface area contributed by atoms with Crippen LogP contribution < -0.4 is 0 Å². The van der Waals surface area contributed by atoms with Crippen LogP contribution in [0.5, 0.6) is 0 Å². The maximum atomic E-state index is 12.6. The molecule has 0 fully saturated rings. The van der Waals surface area contributed by atoms with Gasteiger partial charge in [-0.15, -0.1) is 0 Å². The van der Waals surface area contributed by atoms with E-state index in [1.165, 1.54) is 127 Å². The van der Waals surface area contributed by atoms with E-state index in [9.17, 15) is 14.4 Å². The Bertz CT molecular complexity index is 1300. The standard InChI is InChI=1S/C39H74O6.C13H12.2CHNO/c1-4-7-10-13-16-19-22-25-28-31-37(40)43-34-36(45-39(42)33-30-27-24-21-18-15-12-9-6-3)35-44-38(41)32-29-26-23-20-17-14-11-8-5-2;1-3-7-12(8-4-1)11-13-9-5-2-6-10-13;2*2-1-3/h36H,4-35H2,1-3H3;1-10H,11H2;2*2H. The van der Waals surface area contributed by atoms with E-state index in [4.69, 9.17) is 34.6 Å². The minimum atomic E-state index is -0.754. The summed E-state index contributed by atoms with van der Waals surface area (Å²) in [5, 5.41) is 10.8. The molecule has 2 N–H and O–H groups in total. The molecule has 2 rings (SSSR count). The monoisotopic (exact) mass is 893 g/mol. The minimum absolute atomic E-state index is 0.0644. The third kappa shape index (κ3) is 47.1. The molecule has 2 aromatic rings. The van der Waals surface area contributed by atoms with E-state index < -0.39 is 6.10 Å². The van der Waals surface area contributed by atoms with Crippen LogP contribution in [0, 0.1) is 10.8 Å². The topological polar surface area (TPSA) is 161 Å². The third-order valence-corrected chi connectivity index (χ3v) is 10.7. The quantitative estimate of drug-likeness (QED) is 0.0223. The molecule has 0 atom stereocenters. The Morgan fingerprint density at radius 1 is 0.422 bits per heavy atom.